The number of fused-ring (bicyclic) bond motifs is 1. The molecule has 0 saturated heterocycles. The minimum absolute atomic E-state index is 0.137. The van der Waals surface area contributed by atoms with Crippen LogP contribution >= 0.6 is 0 Å². The molecule has 3 aliphatic rings. The van der Waals surface area contributed by atoms with E-state index in [0.717, 1.165) is 31.6 Å². The van der Waals surface area contributed by atoms with Gasteiger partial charge in [-0.05, 0) is 31.4 Å². The quantitative estimate of drug-likeness (QED) is 0.692. The van der Waals surface area contributed by atoms with Crippen LogP contribution in [0, 0.1) is 5.92 Å². The van der Waals surface area contributed by atoms with Crippen molar-refractivity contribution in [3.05, 3.63) is 23.9 Å². The zero-order valence-corrected chi connectivity index (χ0v) is 10.2. The van der Waals surface area contributed by atoms with Crippen molar-refractivity contribution in [3.63, 3.8) is 0 Å². The number of aliphatic imine (C=N–C) groups is 1. The Morgan fingerprint density at radius 3 is 3.06 bits per heavy atom. The molecule has 0 N–H and O–H groups in total. The molecule has 3 rings (SSSR count). The summed E-state index contributed by atoms with van der Waals surface area (Å²) in [6, 6.07) is 0.368. The van der Waals surface area contributed by atoms with Gasteiger partial charge in [-0.2, -0.15) is 0 Å². The summed E-state index contributed by atoms with van der Waals surface area (Å²) in [6.45, 7) is 3.07. The maximum Gasteiger partial charge on any atom is 0.140 e. The molecule has 3 nitrogen and oxygen atoms in total. The number of allylic oxidation sites excluding steroid dienone is 2. The smallest absolute Gasteiger partial charge is 0.140 e. The molecule has 17 heavy (non-hydrogen) atoms. The minimum atomic E-state index is 0.137. The lowest BCUT2D eigenvalue weighted by atomic mass is 9.82. The van der Waals surface area contributed by atoms with Crippen LogP contribution in [0.25, 0.3) is 0 Å². The van der Waals surface area contributed by atoms with E-state index in [4.69, 9.17) is 0 Å². The summed E-state index contributed by atoms with van der Waals surface area (Å²) in [5.41, 5.74) is 1.18. The van der Waals surface area contributed by atoms with E-state index in [1.165, 1.54) is 12.0 Å². The highest BCUT2D eigenvalue weighted by molar-refractivity contribution is 5.97. The summed E-state index contributed by atoms with van der Waals surface area (Å²) in [7, 11) is 0. The van der Waals surface area contributed by atoms with E-state index < -0.39 is 0 Å². The zero-order chi connectivity index (χ0) is 11.8. The molecular weight excluding hydrogens is 212 g/mol. The van der Waals surface area contributed by atoms with Gasteiger partial charge in [-0.1, -0.05) is 12.5 Å². The number of carbonyl (C=O) groups excluding carboxylic acids is 1. The molecule has 0 aromatic heterocycles. The van der Waals surface area contributed by atoms with Crippen LogP contribution in [0.4, 0.5) is 0 Å². The van der Waals surface area contributed by atoms with Crippen molar-refractivity contribution in [1.82, 2.24) is 4.90 Å². The molecule has 1 saturated carbocycles. The molecule has 2 unspecified atom stereocenters. The predicted molar refractivity (Wildman–Crippen MR) is 67.8 cm³/mol. The average Bonchev–Trinajstić information content (AvgIpc) is 2.68. The first-order valence-corrected chi connectivity index (χ1v) is 6.51. The minimum Gasteiger partial charge on any atom is -0.331 e. The number of nitrogens with zero attached hydrogens (tertiary/aromatic N) is 2. The summed E-state index contributed by atoms with van der Waals surface area (Å²) in [5, 5.41) is 0. The summed E-state index contributed by atoms with van der Waals surface area (Å²) < 4.78 is 0. The largest absolute Gasteiger partial charge is 0.331 e. The molecule has 1 fully saturated rings. The van der Waals surface area contributed by atoms with Gasteiger partial charge in [-0.25, -0.2) is 0 Å². The van der Waals surface area contributed by atoms with Crippen LogP contribution in [-0.4, -0.2) is 29.1 Å². The fourth-order valence-corrected chi connectivity index (χ4v) is 2.91. The second-order valence-electron chi connectivity index (χ2n) is 5.22. The Labute approximate surface area is 102 Å². The van der Waals surface area contributed by atoms with Gasteiger partial charge in [0.15, 0.2) is 0 Å². The highest BCUT2D eigenvalue weighted by Crippen LogP contribution is 2.30. The van der Waals surface area contributed by atoms with Crippen molar-refractivity contribution in [3.8, 4) is 0 Å². The predicted octanol–water partition coefficient (Wildman–Crippen LogP) is 2.30. The van der Waals surface area contributed by atoms with E-state index in [1.54, 1.807) is 0 Å². The van der Waals surface area contributed by atoms with Gasteiger partial charge in [-0.3, -0.25) is 9.79 Å². The topological polar surface area (TPSA) is 32.7 Å². The summed E-state index contributed by atoms with van der Waals surface area (Å²) in [5.74, 6) is 1.60. The monoisotopic (exact) mass is 230 g/mol. The second kappa shape index (κ2) is 4.13. The first-order chi connectivity index (χ1) is 8.24. The number of amidine groups is 1. The van der Waals surface area contributed by atoms with Crippen molar-refractivity contribution >= 4 is 11.6 Å². The number of hydrogen-bond acceptors (Lipinski definition) is 3. The molecule has 0 spiro atoms. The molecule has 2 aliphatic heterocycles. The Bertz CT molecular complexity index is 434. The summed E-state index contributed by atoms with van der Waals surface area (Å²) in [6.07, 6.45) is 10.3. The molecule has 0 aromatic rings. The van der Waals surface area contributed by atoms with E-state index in [-0.39, 0.29) is 5.92 Å². The van der Waals surface area contributed by atoms with Crippen LogP contribution < -0.4 is 0 Å². The number of rotatable bonds is 1. The number of carbonyl (C=O) groups is 1. The van der Waals surface area contributed by atoms with Gasteiger partial charge in [0.2, 0.25) is 0 Å². The maximum absolute atomic E-state index is 11.9. The van der Waals surface area contributed by atoms with Gasteiger partial charge in [0.25, 0.3) is 0 Å². The van der Waals surface area contributed by atoms with Crippen LogP contribution in [0.5, 0.6) is 0 Å². The first kappa shape index (κ1) is 10.8. The number of Topliss-reactive ketones (excluding diaryl/α,β-unsaturated/α-hetero) is 1. The molecular formula is C14H18N2O. The van der Waals surface area contributed by atoms with Gasteiger partial charge < -0.3 is 4.90 Å². The van der Waals surface area contributed by atoms with E-state index in [9.17, 15) is 4.79 Å². The van der Waals surface area contributed by atoms with E-state index >= 15 is 0 Å². The lowest BCUT2D eigenvalue weighted by Crippen LogP contribution is -2.28. The van der Waals surface area contributed by atoms with Gasteiger partial charge >= 0.3 is 0 Å². The van der Waals surface area contributed by atoms with Gasteiger partial charge in [0.1, 0.15) is 11.6 Å². The molecule has 1 aliphatic carbocycles. The summed E-state index contributed by atoms with van der Waals surface area (Å²) in [4.78, 5) is 18.6. The SMILES string of the molecule is CC1CN2C=C(C3CCCCC3=O)C=CC2=N1. The average molecular weight is 230 g/mol. The molecule has 3 heteroatoms. The maximum atomic E-state index is 11.9. The molecule has 2 heterocycles. The second-order valence-corrected chi connectivity index (χ2v) is 5.22. The molecule has 0 radical (unpaired) electrons. The normalized spacial score (nSPS) is 32.3. The third-order valence-electron chi connectivity index (χ3n) is 3.79. The van der Waals surface area contributed by atoms with E-state index in [0.29, 0.717) is 11.8 Å². The third kappa shape index (κ3) is 1.94. The fourth-order valence-electron chi connectivity index (χ4n) is 2.91. The zero-order valence-electron chi connectivity index (χ0n) is 10.2. The highest BCUT2D eigenvalue weighted by Gasteiger charge is 2.28. The van der Waals surface area contributed by atoms with Crippen LogP contribution in [0.15, 0.2) is 28.9 Å². The van der Waals surface area contributed by atoms with Crippen LogP contribution in [0.1, 0.15) is 32.6 Å². The van der Waals surface area contributed by atoms with Crippen molar-refractivity contribution in [2.75, 3.05) is 6.54 Å². The van der Waals surface area contributed by atoms with Crippen LogP contribution in [0.2, 0.25) is 0 Å². The van der Waals surface area contributed by atoms with Crippen LogP contribution in [-0.2, 0) is 4.79 Å². The molecule has 0 amide bonds. The van der Waals surface area contributed by atoms with Gasteiger partial charge in [0, 0.05) is 25.1 Å². The Morgan fingerprint density at radius 2 is 2.24 bits per heavy atom. The molecule has 0 bridgehead atoms. The fraction of sp³-hybridized carbons (Fsp3) is 0.571. The van der Waals surface area contributed by atoms with Crippen molar-refractivity contribution in [2.24, 2.45) is 10.9 Å². The number of hydrogen-bond donors (Lipinski definition) is 0. The number of ketones is 1. The van der Waals surface area contributed by atoms with Crippen LogP contribution in [0.3, 0.4) is 0 Å². The highest BCUT2D eigenvalue weighted by atomic mass is 16.1. The lowest BCUT2D eigenvalue weighted by molar-refractivity contribution is -0.123. The van der Waals surface area contributed by atoms with Crippen molar-refractivity contribution in [1.29, 1.82) is 0 Å². The molecule has 0 aromatic carbocycles. The van der Waals surface area contributed by atoms with E-state index in [2.05, 4.69) is 35.2 Å². The van der Waals surface area contributed by atoms with Crippen molar-refractivity contribution in [2.45, 2.75) is 38.6 Å². The molecule has 90 valence electrons. The lowest BCUT2D eigenvalue weighted by Gasteiger charge is -2.26. The van der Waals surface area contributed by atoms with E-state index in [1.807, 2.05) is 0 Å². The third-order valence-corrected chi connectivity index (χ3v) is 3.79. The first-order valence-electron chi connectivity index (χ1n) is 6.51. The Morgan fingerprint density at radius 1 is 1.35 bits per heavy atom. The Balaban J connectivity index is 1.82. The van der Waals surface area contributed by atoms with Gasteiger partial charge in [0.05, 0.1) is 6.04 Å². The summed E-state index contributed by atoms with van der Waals surface area (Å²) >= 11 is 0. The molecule has 2 atom stereocenters. The van der Waals surface area contributed by atoms with Gasteiger partial charge in [-0.15, -0.1) is 0 Å². The Hall–Kier alpha value is -1.38. The van der Waals surface area contributed by atoms with Crippen molar-refractivity contribution < 1.29 is 4.79 Å². The standard InChI is InChI=1S/C14H18N2O/c1-10-8-16-9-11(6-7-14(16)15-10)12-4-2-3-5-13(12)17/h6-7,9-10,12H,2-5,8H2,1H3. The Kier molecular flexibility index (Phi) is 2.61.